The quantitative estimate of drug-likeness (QED) is 0.234. The van der Waals surface area contributed by atoms with Gasteiger partial charge in [0.25, 0.3) is 0 Å². The van der Waals surface area contributed by atoms with Crippen LogP contribution in [0.4, 0.5) is 0 Å². The van der Waals surface area contributed by atoms with E-state index < -0.39 is 0 Å². The number of hydrogen-bond acceptors (Lipinski definition) is 2. The first-order chi connectivity index (χ1) is 15.3. The van der Waals surface area contributed by atoms with E-state index in [1.54, 1.807) is 0 Å². The molecule has 0 atom stereocenters. The number of halogens is 1. The Hall–Kier alpha value is -2.46. The summed E-state index contributed by atoms with van der Waals surface area (Å²) in [7, 11) is 0. The Morgan fingerprint density at radius 3 is 1.74 bits per heavy atom. The molecule has 3 heteroatoms. The molecule has 0 fully saturated rings. The van der Waals surface area contributed by atoms with Crippen LogP contribution >= 0.6 is 39.5 Å². The van der Waals surface area contributed by atoms with Crippen molar-refractivity contribution in [2.45, 2.75) is 19.6 Å². The van der Waals surface area contributed by atoms with Crippen LogP contribution in [0, 0.1) is 0 Å². The lowest BCUT2D eigenvalue weighted by molar-refractivity contribution is 1.15. The Kier molecular flexibility index (Phi) is 4.91. The van der Waals surface area contributed by atoms with Crippen LogP contribution in [0.3, 0.4) is 0 Å². The molecule has 0 nitrogen and oxygen atoms in total. The molecule has 148 valence electrons. The van der Waals surface area contributed by atoms with Crippen LogP contribution in [0.2, 0.25) is 0 Å². The highest BCUT2D eigenvalue weighted by Gasteiger charge is 2.18. The van der Waals surface area contributed by atoms with E-state index in [1.165, 1.54) is 52.6 Å². The van der Waals surface area contributed by atoms with Crippen molar-refractivity contribution >= 4 is 50.2 Å². The van der Waals surface area contributed by atoms with Gasteiger partial charge in [0.05, 0.1) is 0 Å². The Morgan fingerprint density at radius 2 is 1.03 bits per heavy atom. The van der Waals surface area contributed by atoms with Crippen LogP contribution in [-0.4, -0.2) is 0 Å². The first-order valence-corrected chi connectivity index (χ1v) is 12.6. The molecule has 1 heterocycles. The van der Waals surface area contributed by atoms with Gasteiger partial charge in [0, 0.05) is 24.1 Å². The highest BCUT2D eigenvalue weighted by molar-refractivity contribution is 9.10. The van der Waals surface area contributed by atoms with Crippen LogP contribution in [0.25, 0.3) is 33.0 Å². The number of benzene rings is 5. The SMILES string of the molecule is Brc1ccc2c(c1)Sc1ccc(-c3ccc(-c4ccccc4)c4ccccc34)cc1S2. The van der Waals surface area contributed by atoms with Crippen molar-refractivity contribution in [1.82, 2.24) is 0 Å². The zero-order chi connectivity index (χ0) is 20.8. The Bertz CT molecular complexity index is 1440. The molecule has 0 N–H and O–H groups in total. The molecule has 31 heavy (non-hydrogen) atoms. The summed E-state index contributed by atoms with van der Waals surface area (Å²) in [6.45, 7) is 0. The third kappa shape index (κ3) is 3.51. The van der Waals surface area contributed by atoms with E-state index in [4.69, 9.17) is 0 Å². The zero-order valence-electron chi connectivity index (χ0n) is 16.5. The molecular formula is C28H17BrS2. The lowest BCUT2D eigenvalue weighted by atomic mass is 9.92. The van der Waals surface area contributed by atoms with Crippen molar-refractivity contribution in [3.05, 3.63) is 108 Å². The summed E-state index contributed by atoms with van der Waals surface area (Å²) in [6.07, 6.45) is 0. The fourth-order valence-electron chi connectivity index (χ4n) is 4.14. The maximum Gasteiger partial charge on any atom is 0.0273 e. The number of hydrogen-bond donors (Lipinski definition) is 0. The van der Waals surface area contributed by atoms with Gasteiger partial charge in [-0.1, -0.05) is 112 Å². The minimum atomic E-state index is 1.13. The van der Waals surface area contributed by atoms with Crippen molar-refractivity contribution in [1.29, 1.82) is 0 Å². The standard InChI is InChI=1S/C28H17BrS2/c29-20-11-15-26-28(17-20)31-25-14-10-19(16-27(25)30-26)22-13-12-21(18-6-2-1-3-7-18)23-8-4-5-9-24(22)23/h1-17H. The average Bonchev–Trinajstić information content (AvgIpc) is 2.82. The van der Waals surface area contributed by atoms with E-state index in [-0.39, 0.29) is 0 Å². The van der Waals surface area contributed by atoms with Crippen LogP contribution in [0.5, 0.6) is 0 Å². The summed E-state index contributed by atoms with van der Waals surface area (Å²) in [4.78, 5) is 5.29. The Morgan fingerprint density at radius 1 is 0.452 bits per heavy atom. The molecule has 1 aliphatic heterocycles. The average molecular weight is 497 g/mol. The lowest BCUT2D eigenvalue weighted by Gasteiger charge is -2.20. The maximum atomic E-state index is 3.60. The summed E-state index contributed by atoms with van der Waals surface area (Å²) < 4.78 is 1.13. The molecule has 0 unspecified atom stereocenters. The minimum absolute atomic E-state index is 1.13. The smallest absolute Gasteiger partial charge is 0.0273 e. The monoisotopic (exact) mass is 496 g/mol. The highest BCUT2D eigenvalue weighted by Crippen LogP contribution is 2.50. The molecule has 0 saturated carbocycles. The van der Waals surface area contributed by atoms with Gasteiger partial charge in [-0.2, -0.15) is 0 Å². The highest BCUT2D eigenvalue weighted by atomic mass is 79.9. The third-order valence-electron chi connectivity index (χ3n) is 5.61. The topological polar surface area (TPSA) is 0 Å². The fraction of sp³-hybridized carbons (Fsp3) is 0. The molecule has 1 aliphatic rings. The number of fused-ring (bicyclic) bond motifs is 3. The first kappa shape index (κ1) is 19.2. The largest absolute Gasteiger partial charge is 0.0877 e. The minimum Gasteiger partial charge on any atom is -0.0877 e. The van der Waals surface area contributed by atoms with Gasteiger partial charge in [0.1, 0.15) is 0 Å². The van der Waals surface area contributed by atoms with Gasteiger partial charge in [0.2, 0.25) is 0 Å². The molecule has 0 bridgehead atoms. The molecule has 0 aliphatic carbocycles. The van der Waals surface area contributed by atoms with E-state index in [0.29, 0.717) is 0 Å². The molecule has 0 spiro atoms. The summed E-state index contributed by atoms with van der Waals surface area (Å²) in [5.41, 5.74) is 5.08. The van der Waals surface area contributed by atoms with Gasteiger partial charge in [-0.05, 0) is 63.4 Å². The van der Waals surface area contributed by atoms with Gasteiger partial charge < -0.3 is 0 Å². The molecule has 6 rings (SSSR count). The predicted octanol–water partition coefficient (Wildman–Crippen LogP) is 9.55. The molecule has 5 aromatic carbocycles. The van der Waals surface area contributed by atoms with Crippen molar-refractivity contribution in [2.24, 2.45) is 0 Å². The second-order valence-corrected chi connectivity index (χ2v) is 10.6. The summed E-state index contributed by atoms with van der Waals surface area (Å²) in [5, 5.41) is 2.59. The second-order valence-electron chi connectivity index (χ2n) is 7.53. The maximum absolute atomic E-state index is 3.60. The first-order valence-electron chi connectivity index (χ1n) is 10.1. The lowest BCUT2D eigenvalue weighted by Crippen LogP contribution is -1.91. The van der Waals surface area contributed by atoms with Crippen LogP contribution in [0.1, 0.15) is 0 Å². The van der Waals surface area contributed by atoms with E-state index in [1.807, 2.05) is 23.5 Å². The van der Waals surface area contributed by atoms with Gasteiger partial charge in [-0.25, -0.2) is 0 Å². The zero-order valence-corrected chi connectivity index (χ0v) is 19.7. The fourth-order valence-corrected chi connectivity index (χ4v) is 6.93. The van der Waals surface area contributed by atoms with Crippen LogP contribution in [0.15, 0.2) is 127 Å². The molecular weight excluding hydrogens is 480 g/mol. The number of rotatable bonds is 2. The van der Waals surface area contributed by atoms with E-state index >= 15 is 0 Å². The Labute approximate surface area is 198 Å². The Balaban J connectivity index is 1.47. The van der Waals surface area contributed by atoms with Crippen molar-refractivity contribution < 1.29 is 0 Å². The molecule has 0 amide bonds. The van der Waals surface area contributed by atoms with Gasteiger partial charge >= 0.3 is 0 Å². The van der Waals surface area contributed by atoms with E-state index in [0.717, 1.165) is 4.47 Å². The van der Waals surface area contributed by atoms with Crippen molar-refractivity contribution in [3.63, 3.8) is 0 Å². The van der Waals surface area contributed by atoms with Crippen LogP contribution in [-0.2, 0) is 0 Å². The normalized spacial score (nSPS) is 12.4. The second kappa shape index (κ2) is 7.90. The predicted molar refractivity (Wildman–Crippen MR) is 137 cm³/mol. The van der Waals surface area contributed by atoms with Gasteiger partial charge in [-0.15, -0.1) is 0 Å². The summed E-state index contributed by atoms with van der Waals surface area (Å²) in [6, 6.07) is 37.3. The molecule has 5 aromatic rings. The van der Waals surface area contributed by atoms with E-state index in [2.05, 4.69) is 119 Å². The summed E-state index contributed by atoms with van der Waals surface area (Å²) >= 11 is 7.31. The van der Waals surface area contributed by atoms with Crippen LogP contribution < -0.4 is 0 Å². The van der Waals surface area contributed by atoms with Crippen molar-refractivity contribution in [3.8, 4) is 22.3 Å². The van der Waals surface area contributed by atoms with E-state index in [9.17, 15) is 0 Å². The van der Waals surface area contributed by atoms with Crippen molar-refractivity contribution in [2.75, 3.05) is 0 Å². The molecule has 0 aromatic heterocycles. The summed E-state index contributed by atoms with van der Waals surface area (Å²) in [5.74, 6) is 0. The van der Waals surface area contributed by atoms with Gasteiger partial charge in [0.15, 0.2) is 0 Å². The molecule has 0 radical (unpaired) electrons. The van der Waals surface area contributed by atoms with Gasteiger partial charge in [-0.3, -0.25) is 0 Å². The third-order valence-corrected chi connectivity index (χ3v) is 8.63. The molecule has 0 saturated heterocycles.